The Morgan fingerprint density at radius 1 is 1.12 bits per heavy atom. The van der Waals surface area contributed by atoms with Crippen LogP contribution in [0.15, 0.2) is 48.5 Å². The maximum atomic E-state index is 12.8. The summed E-state index contributed by atoms with van der Waals surface area (Å²) in [5.74, 6) is 1.53. The van der Waals surface area contributed by atoms with Gasteiger partial charge < -0.3 is 19.7 Å². The molecular formula is C20H24N2O3. The van der Waals surface area contributed by atoms with Crippen LogP contribution in [0, 0.1) is 0 Å². The Kier molecular flexibility index (Phi) is 5.43. The number of hydrogen-bond donors (Lipinski definition) is 1. The van der Waals surface area contributed by atoms with Crippen LogP contribution in [-0.2, 0) is 11.3 Å². The Morgan fingerprint density at radius 3 is 2.56 bits per heavy atom. The standard InChI is InChI=1S/C20H24N2O3/c1-3-22(14-16-7-5-4-6-8-16)20(23)15(2)21-17-9-10-18-19(13-17)25-12-11-24-18/h4-10,13,15,21H,3,11-12,14H2,1-2H3. The lowest BCUT2D eigenvalue weighted by molar-refractivity contribution is -0.132. The van der Waals surface area contributed by atoms with E-state index in [0.29, 0.717) is 32.1 Å². The second kappa shape index (κ2) is 7.92. The first-order valence-corrected chi connectivity index (χ1v) is 8.66. The average Bonchev–Trinajstić information content (AvgIpc) is 2.66. The van der Waals surface area contributed by atoms with E-state index in [1.54, 1.807) is 0 Å². The van der Waals surface area contributed by atoms with Gasteiger partial charge in [-0.05, 0) is 31.5 Å². The Labute approximate surface area is 148 Å². The maximum absolute atomic E-state index is 12.8. The number of carbonyl (C=O) groups excluding carboxylic acids is 1. The van der Waals surface area contributed by atoms with Crippen LogP contribution in [0.4, 0.5) is 5.69 Å². The molecule has 0 aliphatic carbocycles. The molecule has 3 rings (SSSR count). The summed E-state index contributed by atoms with van der Waals surface area (Å²) in [6, 6.07) is 15.4. The molecule has 5 nitrogen and oxygen atoms in total. The molecule has 5 heteroatoms. The highest BCUT2D eigenvalue weighted by molar-refractivity contribution is 5.84. The minimum atomic E-state index is -0.328. The molecule has 25 heavy (non-hydrogen) atoms. The summed E-state index contributed by atoms with van der Waals surface area (Å²) in [5, 5.41) is 3.27. The highest BCUT2D eigenvalue weighted by atomic mass is 16.6. The van der Waals surface area contributed by atoms with E-state index in [2.05, 4.69) is 5.32 Å². The fourth-order valence-corrected chi connectivity index (χ4v) is 2.87. The van der Waals surface area contributed by atoms with Crippen LogP contribution in [0.25, 0.3) is 0 Å². The van der Waals surface area contributed by atoms with Crippen LogP contribution < -0.4 is 14.8 Å². The molecule has 1 unspecified atom stereocenters. The highest BCUT2D eigenvalue weighted by Crippen LogP contribution is 2.32. The number of benzene rings is 2. The topological polar surface area (TPSA) is 50.8 Å². The summed E-state index contributed by atoms with van der Waals surface area (Å²) in [6.07, 6.45) is 0. The van der Waals surface area contributed by atoms with Gasteiger partial charge in [-0.15, -0.1) is 0 Å². The van der Waals surface area contributed by atoms with E-state index in [1.165, 1.54) is 0 Å². The molecule has 1 aliphatic heterocycles. The van der Waals surface area contributed by atoms with Crippen molar-refractivity contribution in [3.63, 3.8) is 0 Å². The first-order chi connectivity index (χ1) is 12.2. The largest absolute Gasteiger partial charge is 0.486 e. The number of amides is 1. The second-order valence-corrected chi connectivity index (χ2v) is 6.06. The van der Waals surface area contributed by atoms with Crippen LogP contribution >= 0.6 is 0 Å². The molecule has 1 aliphatic rings. The van der Waals surface area contributed by atoms with E-state index in [0.717, 1.165) is 17.0 Å². The Balaban J connectivity index is 1.65. The van der Waals surface area contributed by atoms with Gasteiger partial charge in [-0.2, -0.15) is 0 Å². The number of anilines is 1. The molecule has 0 spiro atoms. The zero-order valence-corrected chi connectivity index (χ0v) is 14.7. The van der Waals surface area contributed by atoms with Crippen molar-refractivity contribution in [2.45, 2.75) is 26.4 Å². The van der Waals surface area contributed by atoms with Gasteiger partial charge in [0.2, 0.25) is 5.91 Å². The van der Waals surface area contributed by atoms with Crippen LogP contribution in [0.1, 0.15) is 19.4 Å². The molecule has 132 valence electrons. The number of carbonyl (C=O) groups is 1. The van der Waals surface area contributed by atoms with Crippen LogP contribution in [0.5, 0.6) is 11.5 Å². The quantitative estimate of drug-likeness (QED) is 0.876. The Hall–Kier alpha value is -2.69. The van der Waals surface area contributed by atoms with E-state index >= 15 is 0 Å². The lowest BCUT2D eigenvalue weighted by atomic mass is 10.2. The third-order valence-corrected chi connectivity index (χ3v) is 4.21. The summed E-state index contributed by atoms with van der Waals surface area (Å²) in [7, 11) is 0. The molecular weight excluding hydrogens is 316 g/mol. The van der Waals surface area contributed by atoms with E-state index < -0.39 is 0 Å². The number of likely N-dealkylation sites (N-methyl/N-ethyl adjacent to an activating group) is 1. The fraction of sp³-hybridized carbons (Fsp3) is 0.350. The third kappa shape index (κ3) is 4.24. The third-order valence-electron chi connectivity index (χ3n) is 4.21. The van der Waals surface area contributed by atoms with Gasteiger partial charge in [0, 0.05) is 24.8 Å². The smallest absolute Gasteiger partial charge is 0.245 e. The van der Waals surface area contributed by atoms with Crippen molar-refractivity contribution in [1.29, 1.82) is 0 Å². The molecule has 1 N–H and O–H groups in total. The summed E-state index contributed by atoms with van der Waals surface area (Å²) < 4.78 is 11.1. The Morgan fingerprint density at radius 2 is 1.84 bits per heavy atom. The molecule has 0 radical (unpaired) electrons. The van der Waals surface area contributed by atoms with Crippen molar-refractivity contribution in [1.82, 2.24) is 4.90 Å². The van der Waals surface area contributed by atoms with Gasteiger partial charge in [0.25, 0.3) is 0 Å². The van der Waals surface area contributed by atoms with Crippen molar-refractivity contribution >= 4 is 11.6 Å². The summed E-state index contributed by atoms with van der Waals surface area (Å²) in [5.41, 5.74) is 1.98. The van der Waals surface area contributed by atoms with E-state index in [9.17, 15) is 4.79 Å². The number of rotatable bonds is 6. The maximum Gasteiger partial charge on any atom is 0.245 e. The lowest BCUT2D eigenvalue weighted by Gasteiger charge is -2.26. The van der Waals surface area contributed by atoms with Crippen molar-refractivity contribution < 1.29 is 14.3 Å². The molecule has 1 amide bonds. The molecule has 1 heterocycles. The van der Waals surface area contributed by atoms with Gasteiger partial charge in [-0.1, -0.05) is 30.3 Å². The molecule has 0 saturated carbocycles. The molecule has 2 aromatic rings. The monoisotopic (exact) mass is 340 g/mol. The predicted octanol–water partition coefficient (Wildman–Crippen LogP) is 3.31. The number of hydrogen-bond acceptors (Lipinski definition) is 4. The van der Waals surface area contributed by atoms with E-state index in [-0.39, 0.29) is 11.9 Å². The second-order valence-electron chi connectivity index (χ2n) is 6.06. The molecule has 1 atom stereocenters. The van der Waals surface area contributed by atoms with Gasteiger partial charge >= 0.3 is 0 Å². The van der Waals surface area contributed by atoms with Gasteiger partial charge in [-0.25, -0.2) is 0 Å². The van der Waals surface area contributed by atoms with E-state index in [1.807, 2.05) is 67.3 Å². The zero-order valence-electron chi connectivity index (χ0n) is 14.7. The van der Waals surface area contributed by atoms with Crippen LogP contribution in [0.2, 0.25) is 0 Å². The normalized spacial score (nSPS) is 13.8. The minimum Gasteiger partial charge on any atom is -0.486 e. The molecule has 0 fully saturated rings. The van der Waals surface area contributed by atoms with Crippen molar-refractivity contribution in [3.8, 4) is 11.5 Å². The minimum absolute atomic E-state index is 0.0706. The Bertz CT molecular complexity index is 718. The van der Waals surface area contributed by atoms with Crippen molar-refractivity contribution in [3.05, 3.63) is 54.1 Å². The SMILES string of the molecule is CCN(Cc1ccccc1)C(=O)C(C)Nc1ccc2c(c1)OCCO2. The summed E-state index contributed by atoms with van der Waals surface area (Å²) in [6.45, 7) is 6.28. The van der Waals surface area contributed by atoms with Gasteiger partial charge in [0.05, 0.1) is 0 Å². The van der Waals surface area contributed by atoms with Crippen molar-refractivity contribution in [2.24, 2.45) is 0 Å². The number of nitrogens with zero attached hydrogens (tertiary/aromatic N) is 1. The number of nitrogens with one attached hydrogen (secondary N) is 1. The fourth-order valence-electron chi connectivity index (χ4n) is 2.87. The first kappa shape index (κ1) is 17.1. The van der Waals surface area contributed by atoms with Crippen molar-refractivity contribution in [2.75, 3.05) is 25.1 Å². The van der Waals surface area contributed by atoms with Crippen LogP contribution in [0.3, 0.4) is 0 Å². The average molecular weight is 340 g/mol. The number of ether oxygens (including phenoxy) is 2. The summed E-state index contributed by atoms with van der Waals surface area (Å²) in [4.78, 5) is 14.6. The van der Waals surface area contributed by atoms with Gasteiger partial charge in [0.1, 0.15) is 19.3 Å². The predicted molar refractivity (Wildman–Crippen MR) is 98.0 cm³/mol. The molecule has 0 aromatic heterocycles. The number of fused-ring (bicyclic) bond motifs is 1. The van der Waals surface area contributed by atoms with Gasteiger partial charge in [-0.3, -0.25) is 4.79 Å². The molecule has 2 aromatic carbocycles. The first-order valence-electron chi connectivity index (χ1n) is 8.66. The van der Waals surface area contributed by atoms with Crippen LogP contribution in [-0.4, -0.2) is 36.6 Å². The summed E-state index contributed by atoms with van der Waals surface area (Å²) >= 11 is 0. The van der Waals surface area contributed by atoms with Gasteiger partial charge in [0.15, 0.2) is 11.5 Å². The van der Waals surface area contributed by atoms with E-state index in [4.69, 9.17) is 9.47 Å². The molecule has 0 bridgehead atoms. The highest BCUT2D eigenvalue weighted by Gasteiger charge is 2.20. The molecule has 0 saturated heterocycles. The zero-order chi connectivity index (χ0) is 17.6. The lowest BCUT2D eigenvalue weighted by Crippen LogP contribution is -2.40.